The third-order valence-electron chi connectivity index (χ3n) is 5.21. The number of nitrogens with zero attached hydrogens (tertiary/aromatic N) is 4. The Bertz CT molecular complexity index is 692. The first-order valence-electron chi connectivity index (χ1n) is 10.3. The SMILES string of the molecule is CCc1cnc(OC2CCN(C(=O)[C@H](C(C)C)N(C(=O)O)C(C)(C)C)CC2)nc1. The molecule has 0 aromatic carbocycles. The number of hydrogen-bond acceptors (Lipinski definition) is 5. The van der Waals surface area contributed by atoms with Crippen LogP contribution in [0, 0.1) is 5.92 Å². The van der Waals surface area contributed by atoms with Gasteiger partial charge in [-0.3, -0.25) is 9.69 Å². The van der Waals surface area contributed by atoms with Crippen molar-refractivity contribution in [1.82, 2.24) is 19.8 Å². The molecule has 0 spiro atoms. The predicted octanol–water partition coefficient (Wildman–Crippen LogP) is 3.21. The molecule has 0 unspecified atom stereocenters. The molecule has 1 fully saturated rings. The van der Waals surface area contributed by atoms with Crippen LogP contribution < -0.4 is 4.74 Å². The number of aromatic nitrogens is 2. The molecule has 8 nitrogen and oxygen atoms in total. The Hall–Kier alpha value is -2.38. The zero-order valence-electron chi connectivity index (χ0n) is 18.4. The van der Waals surface area contributed by atoms with Gasteiger partial charge in [0.05, 0.1) is 0 Å². The van der Waals surface area contributed by atoms with Gasteiger partial charge in [-0.15, -0.1) is 0 Å². The van der Waals surface area contributed by atoms with Gasteiger partial charge in [-0.05, 0) is 38.7 Å². The minimum absolute atomic E-state index is 0.0535. The van der Waals surface area contributed by atoms with E-state index in [-0.39, 0.29) is 17.9 Å². The predicted molar refractivity (Wildman–Crippen MR) is 110 cm³/mol. The molecule has 0 radical (unpaired) electrons. The number of aryl methyl sites for hydroxylation is 1. The second kappa shape index (κ2) is 9.41. The largest absolute Gasteiger partial charge is 0.465 e. The summed E-state index contributed by atoms with van der Waals surface area (Å²) in [4.78, 5) is 36.6. The average molecular weight is 407 g/mol. The van der Waals surface area contributed by atoms with E-state index < -0.39 is 17.7 Å². The fourth-order valence-electron chi connectivity index (χ4n) is 3.63. The molecule has 2 rings (SSSR count). The Morgan fingerprint density at radius 2 is 1.79 bits per heavy atom. The summed E-state index contributed by atoms with van der Waals surface area (Å²) in [6, 6.07) is -0.355. The molecular weight excluding hydrogens is 372 g/mol. The van der Waals surface area contributed by atoms with Crippen molar-refractivity contribution < 1.29 is 19.4 Å². The van der Waals surface area contributed by atoms with Crippen LogP contribution >= 0.6 is 0 Å². The van der Waals surface area contributed by atoms with Crippen LogP contribution in [0.25, 0.3) is 0 Å². The van der Waals surface area contributed by atoms with Crippen molar-refractivity contribution in [2.24, 2.45) is 5.92 Å². The maximum Gasteiger partial charge on any atom is 0.408 e. The van der Waals surface area contributed by atoms with Gasteiger partial charge in [-0.1, -0.05) is 20.8 Å². The maximum absolute atomic E-state index is 13.2. The number of rotatable bonds is 6. The Balaban J connectivity index is 2.02. The maximum atomic E-state index is 13.2. The van der Waals surface area contributed by atoms with E-state index in [1.807, 2.05) is 41.5 Å². The highest BCUT2D eigenvalue weighted by molar-refractivity contribution is 5.86. The van der Waals surface area contributed by atoms with Crippen molar-refractivity contribution >= 4 is 12.0 Å². The van der Waals surface area contributed by atoms with Gasteiger partial charge in [0, 0.05) is 43.9 Å². The molecule has 0 aliphatic carbocycles. The Labute approximate surface area is 173 Å². The molecule has 0 bridgehead atoms. The third kappa shape index (κ3) is 5.81. The summed E-state index contributed by atoms with van der Waals surface area (Å²) in [5.41, 5.74) is 0.388. The molecule has 1 aliphatic heterocycles. The van der Waals surface area contributed by atoms with Crippen LogP contribution in [-0.2, 0) is 11.2 Å². The summed E-state index contributed by atoms with van der Waals surface area (Å²) in [6.07, 6.45) is 4.61. The molecule has 1 N–H and O–H groups in total. The quantitative estimate of drug-likeness (QED) is 0.779. The molecule has 2 amide bonds. The average Bonchev–Trinajstić information content (AvgIpc) is 2.65. The topological polar surface area (TPSA) is 95.9 Å². The van der Waals surface area contributed by atoms with Gasteiger partial charge in [0.15, 0.2) is 0 Å². The van der Waals surface area contributed by atoms with E-state index in [1.165, 1.54) is 4.90 Å². The molecule has 1 aromatic heterocycles. The standard InChI is InChI=1S/C21H34N4O4/c1-7-15-12-22-19(23-13-15)29-16-8-10-24(11-9-16)18(26)17(14(2)3)25(20(27)28)21(4,5)6/h12-14,16-17H,7-11H2,1-6H3,(H,27,28)/t17-/m0/s1. The van der Waals surface area contributed by atoms with Crippen molar-refractivity contribution in [2.75, 3.05) is 13.1 Å². The van der Waals surface area contributed by atoms with Crippen molar-refractivity contribution in [3.63, 3.8) is 0 Å². The van der Waals surface area contributed by atoms with Crippen LogP contribution in [0.3, 0.4) is 0 Å². The van der Waals surface area contributed by atoms with Crippen LogP contribution in [0.4, 0.5) is 4.79 Å². The molecular formula is C21H34N4O4. The van der Waals surface area contributed by atoms with E-state index in [9.17, 15) is 14.7 Å². The zero-order valence-corrected chi connectivity index (χ0v) is 18.4. The molecule has 1 aromatic rings. The van der Waals surface area contributed by atoms with Gasteiger partial charge >= 0.3 is 12.1 Å². The number of ether oxygens (including phenoxy) is 1. The van der Waals surface area contributed by atoms with E-state index in [0.29, 0.717) is 31.9 Å². The number of carbonyl (C=O) groups excluding carboxylic acids is 1. The smallest absolute Gasteiger partial charge is 0.408 e. The fraction of sp³-hybridized carbons (Fsp3) is 0.714. The van der Waals surface area contributed by atoms with Crippen LogP contribution in [0.15, 0.2) is 12.4 Å². The van der Waals surface area contributed by atoms with Gasteiger partial charge in [0.1, 0.15) is 12.1 Å². The van der Waals surface area contributed by atoms with Crippen molar-refractivity contribution in [1.29, 1.82) is 0 Å². The molecule has 2 heterocycles. The van der Waals surface area contributed by atoms with Gasteiger partial charge in [-0.2, -0.15) is 0 Å². The molecule has 1 atom stereocenters. The van der Waals surface area contributed by atoms with Gasteiger partial charge in [0.2, 0.25) is 5.91 Å². The molecule has 29 heavy (non-hydrogen) atoms. The van der Waals surface area contributed by atoms with E-state index >= 15 is 0 Å². The molecule has 1 saturated heterocycles. The van der Waals surface area contributed by atoms with Crippen molar-refractivity contribution in [3.05, 3.63) is 18.0 Å². The Morgan fingerprint density at radius 1 is 1.24 bits per heavy atom. The second-order valence-corrected chi connectivity index (χ2v) is 8.88. The number of amides is 2. The monoisotopic (exact) mass is 406 g/mol. The molecule has 162 valence electrons. The van der Waals surface area contributed by atoms with Crippen molar-refractivity contribution in [3.8, 4) is 6.01 Å². The minimum atomic E-state index is -1.07. The second-order valence-electron chi connectivity index (χ2n) is 8.88. The van der Waals surface area contributed by atoms with Crippen LogP contribution in [0.2, 0.25) is 0 Å². The molecule has 1 aliphatic rings. The molecule has 0 saturated carbocycles. The highest BCUT2D eigenvalue weighted by atomic mass is 16.5. The first-order chi connectivity index (χ1) is 13.5. The van der Waals surface area contributed by atoms with E-state index in [2.05, 4.69) is 9.97 Å². The van der Waals surface area contributed by atoms with Crippen LogP contribution in [-0.4, -0.2) is 67.6 Å². The lowest BCUT2D eigenvalue weighted by molar-refractivity contribution is -0.142. The highest BCUT2D eigenvalue weighted by Gasteiger charge is 2.41. The fourth-order valence-corrected chi connectivity index (χ4v) is 3.63. The Kier molecular flexibility index (Phi) is 7.43. The van der Waals surface area contributed by atoms with Gasteiger partial charge < -0.3 is 14.7 Å². The van der Waals surface area contributed by atoms with Crippen LogP contribution in [0.1, 0.15) is 59.9 Å². The van der Waals surface area contributed by atoms with Crippen molar-refractivity contribution in [2.45, 2.75) is 78.5 Å². The third-order valence-corrected chi connectivity index (χ3v) is 5.21. The number of likely N-dealkylation sites (tertiary alicyclic amines) is 1. The Morgan fingerprint density at radius 3 is 2.21 bits per heavy atom. The minimum Gasteiger partial charge on any atom is -0.465 e. The molecule has 8 heteroatoms. The first kappa shape index (κ1) is 22.9. The first-order valence-corrected chi connectivity index (χ1v) is 10.3. The lowest BCUT2D eigenvalue weighted by atomic mass is 9.94. The number of carbonyl (C=O) groups is 2. The number of hydrogen-bond donors (Lipinski definition) is 1. The van der Waals surface area contributed by atoms with Crippen LogP contribution in [0.5, 0.6) is 6.01 Å². The summed E-state index contributed by atoms with van der Waals surface area (Å²) < 4.78 is 5.87. The van der Waals surface area contributed by atoms with Gasteiger partial charge in [-0.25, -0.2) is 14.8 Å². The normalized spacial score (nSPS) is 16.6. The van der Waals surface area contributed by atoms with E-state index in [4.69, 9.17) is 4.74 Å². The summed E-state index contributed by atoms with van der Waals surface area (Å²) in [5.74, 6) is -0.267. The lowest BCUT2D eigenvalue weighted by Crippen LogP contribution is -2.60. The van der Waals surface area contributed by atoms with Gasteiger partial charge in [0.25, 0.3) is 0 Å². The van der Waals surface area contributed by atoms with E-state index in [0.717, 1.165) is 12.0 Å². The lowest BCUT2D eigenvalue weighted by Gasteiger charge is -2.43. The summed E-state index contributed by atoms with van der Waals surface area (Å²) in [5, 5.41) is 9.74. The number of piperidine rings is 1. The summed E-state index contributed by atoms with van der Waals surface area (Å²) in [6.45, 7) is 12.3. The summed E-state index contributed by atoms with van der Waals surface area (Å²) in [7, 11) is 0. The highest BCUT2D eigenvalue weighted by Crippen LogP contribution is 2.25. The zero-order chi connectivity index (χ0) is 21.8. The number of carboxylic acid groups (broad SMARTS) is 1. The summed E-state index contributed by atoms with van der Waals surface area (Å²) >= 11 is 0. The van der Waals surface area contributed by atoms with E-state index in [1.54, 1.807) is 17.3 Å².